The Morgan fingerprint density at radius 2 is 1.46 bits per heavy atom. The highest BCUT2D eigenvalue weighted by molar-refractivity contribution is 6.18. The van der Waals surface area contributed by atoms with E-state index in [2.05, 4.69) is 35.4 Å². The third-order valence-corrected chi connectivity index (χ3v) is 7.97. The molecule has 4 aromatic carbocycles. The number of aromatic nitrogens is 2. The van der Waals surface area contributed by atoms with Crippen molar-refractivity contribution < 1.29 is 9.59 Å². The third-order valence-electron chi connectivity index (χ3n) is 7.97. The SMILES string of the molecule is CC.CCN(CC)c1ccc2nc3c4c(NC(=O)c5ccccc5)cccc4c(=O)c(C(=O)Nc4ccccc4)c-3n(CC)c2c1. The van der Waals surface area contributed by atoms with E-state index in [1.165, 1.54) is 0 Å². The second-order valence-electron chi connectivity index (χ2n) is 10.5. The molecule has 1 aliphatic heterocycles. The van der Waals surface area contributed by atoms with Gasteiger partial charge in [0.2, 0.25) is 5.43 Å². The standard InChI is InChI=1S/C36H33N5O3.C2H6/c1-4-40(5-2)25-20-21-27-29(22-25)41(6-3)33-31(36(44)37-24-16-11-8-12-17-24)34(42)26-18-13-19-28(30(26)32(33)38-27)39-35(43)23-14-9-7-10-15-23;1-2/h7-22H,4-6H2,1-3H3,(H,37,44)(H,39,43);1-2H3. The zero-order chi connectivity index (χ0) is 32.8. The average Bonchev–Trinajstić information content (AvgIpc) is 3.10. The molecule has 0 spiro atoms. The van der Waals surface area contributed by atoms with E-state index in [9.17, 15) is 14.4 Å². The van der Waals surface area contributed by atoms with E-state index >= 15 is 0 Å². The quantitative estimate of drug-likeness (QED) is 0.134. The molecular weight excluding hydrogens is 574 g/mol. The van der Waals surface area contributed by atoms with E-state index in [1.807, 2.05) is 61.7 Å². The predicted molar refractivity (Wildman–Crippen MR) is 190 cm³/mol. The Kier molecular flexibility index (Phi) is 9.76. The molecule has 0 saturated carbocycles. The van der Waals surface area contributed by atoms with Gasteiger partial charge in [0.05, 0.1) is 28.1 Å². The van der Waals surface area contributed by atoms with Crippen molar-refractivity contribution >= 4 is 50.7 Å². The Balaban J connectivity index is 0.00000204. The minimum atomic E-state index is -0.518. The molecule has 4 aromatic rings. The molecule has 0 atom stereocenters. The van der Waals surface area contributed by atoms with E-state index in [1.54, 1.807) is 54.6 Å². The lowest BCUT2D eigenvalue weighted by molar-refractivity contribution is 0.101. The Hall–Kier alpha value is -5.50. The summed E-state index contributed by atoms with van der Waals surface area (Å²) in [7, 11) is 0. The summed E-state index contributed by atoms with van der Waals surface area (Å²) in [6, 6.07) is 29.2. The molecule has 2 aliphatic rings. The number of benzene rings is 5. The number of aryl methyl sites for hydroxylation is 1. The van der Waals surface area contributed by atoms with Crippen molar-refractivity contribution in [3.05, 3.63) is 118 Å². The van der Waals surface area contributed by atoms with Gasteiger partial charge in [-0.15, -0.1) is 0 Å². The lowest BCUT2D eigenvalue weighted by atomic mass is 9.95. The molecule has 0 fully saturated rings. The molecule has 234 valence electrons. The van der Waals surface area contributed by atoms with Gasteiger partial charge in [-0.2, -0.15) is 0 Å². The number of rotatable bonds is 8. The molecule has 2 N–H and O–H groups in total. The molecule has 1 aliphatic carbocycles. The molecule has 0 saturated heterocycles. The number of para-hydroxylation sites is 1. The Bertz CT molecular complexity index is 2030. The van der Waals surface area contributed by atoms with E-state index in [4.69, 9.17) is 4.98 Å². The Labute approximate surface area is 269 Å². The van der Waals surface area contributed by atoms with Gasteiger partial charge < -0.3 is 20.1 Å². The number of carbonyl (C=O) groups excluding carboxylic acids is 2. The van der Waals surface area contributed by atoms with Crippen molar-refractivity contribution in [2.24, 2.45) is 0 Å². The number of hydrogen-bond donors (Lipinski definition) is 2. The molecular formula is C38H39N5O3. The zero-order valence-electron chi connectivity index (χ0n) is 26.9. The normalized spacial score (nSPS) is 10.8. The lowest BCUT2D eigenvalue weighted by Gasteiger charge is -2.25. The molecule has 1 heterocycles. The fraction of sp³-hybridized carbons (Fsp3) is 0.211. The van der Waals surface area contributed by atoms with E-state index in [0.717, 1.165) is 24.3 Å². The third kappa shape index (κ3) is 5.94. The maximum atomic E-state index is 14.3. The average molecular weight is 614 g/mol. The maximum absolute atomic E-state index is 14.3. The van der Waals surface area contributed by atoms with Crippen molar-refractivity contribution in [2.75, 3.05) is 28.6 Å². The van der Waals surface area contributed by atoms with Gasteiger partial charge in [-0.05, 0) is 69.3 Å². The minimum absolute atomic E-state index is 0.00683. The second-order valence-corrected chi connectivity index (χ2v) is 10.5. The molecule has 8 nitrogen and oxygen atoms in total. The van der Waals surface area contributed by atoms with Crippen molar-refractivity contribution in [3.63, 3.8) is 0 Å². The topological polar surface area (TPSA) is 96.3 Å². The Morgan fingerprint density at radius 1 is 0.783 bits per heavy atom. The fourth-order valence-electron chi connectivity index (χ4n) is 5.84. The largest absolute Gasteiger partial charge is 0.372 e. The van der Waals surface area contributed by atoms with Gasteiger partial charge in [0, 0.05) is 47.3 Å². The summed E-state index contributed by atoms with van der Waals surface area (Å²) < 4.78 is 1.99. The van der Waals surface area contributed by atoms with Crippen molar-refractivity contribution in [2.45, 2.75) is 41.2 Å². The van der Waals surface area contributed by atoms with E-state index in [-0.39, 0.29) is 11.5 Å². The highest BCUT2D eigenvalue weighted by Crippen LogP contribution is 2.38. The lowest BCUT2D eigenvalue weighted by Crippen LogP contribution is -2.27. The van der Waals surface area contributed by atoms with Crippen LogP contribution in [0.4, 0.5) is 17.1 Å². The summed E-state index contributed by atoms with van der Waals surface area (Å²) >= 11 is 0. The number of anilines is 3. The van der Waals surface area contributed by atoms with Crippen LogP contribution in [-0.4, -0.2) is 34.5 Å². The molecule has 0 unspecified atom stereocenters. The first-order valence-corrected chi connectivity index (χ1v) is 15.9. The summed E-state index contributed by atoms with van der Waals surface area (Å²) in [4.78, 5) is 48.9. The van der Waals surface area contributed by atoms with Crippen LogP contribution in [0, 0.1) is 0 Å². The number of fused-ring (bicyclic) bond motifs is 4. The molecule has 8 heteroatoms. The van der Waals surface area contributed by atoms with Gasteiger partial charge >= 0.3 is 0 Å². The first-order chi connectivity index (χ1) is 22.4. The van der Waals surface area contributed by atoms with Gasteiger partial charge in [0.1, 0.15) is 5.56 Å². The van der Waals surface area contributed by atoms with Gasteiger partial charge in [-0.25, -0.2) is 4.98 Å². The summed E-state index contributed by atoms with van der Waals surface area (Å²) in [6.07, 6.45) is 0. The summed E-state index contributed by atoms with van der Waals surface area (Å²) in [5.41, 5.74) is 4.53. The van der Waals surface area contributed by atoms with Crippen LogP contribution in [0.2, 0.25) is 0 Å². The molecule has 46 heavy (non-hydrogen) atoms. The summed E-state index contributed by atoms with van der Waals surface area (Å²) in [5, 5.41) is 6.71. The number of nitrogens with zero attached hydrogens (tertiary/aromatic N) is 3. The predicted octanol–water partition coefficient (Wildman–Crippen LogP) is 8.05. The number of nitrogens with one attached hydrogen (secondary N) is 2. The van der Waals surface area contributed by atoms with Crippen LogP contribution in [0.1, 0.15) is 55.3 Å². The monoisotopic (exact) mass is 613 g/mol. The molecule has 2 amide bonds. The first kappa shape index (κ1) is 31.9. The van der Waals surface area contributed by atoms with Crippen molar-refractivity contribution in [1.29, 1.82) is 0 Å². The van der Waals surface area contributed by atoms with Crippen LogP contribution in [0.25, 0.3) is 33.2 Å². The van der Waals surface area contributed by atoms with Crippen LogP contribution >= 0.6 is 0 Å². The fourth-order valence-corrected chi connectivity index (χ4v) is 5.84. The van der Waals surface area contributed by atoms with Gasteiger partial charge in [-0.3, -0.25) is 14.4 Å². The van der Waals surface area contributed by atoms with Gasteiger partial charge in [-0.1, -0.05) is 62.4 Å². The summed E-state index contributed by atoms with van der Waals surface area (Å²) in [5.74, 6) is -0.826. The zero-order valence-corrected chi connectivity index (χ0v) is 26.9. The first-order valence-electron chi connectivity index (χ1n) is 15.9. The number of amides is 2. The minimum Gasteiger partial charge on any atom is -0.372 e. The maximum Gasteiger partial charge on any atom is 0.261 e. The summed E-state index contributed by atoms with van der Waals surface area (Å²) in [6.45, 7) is 12.3. The van der Waals surface area contributed by atoms with Crippen LogP contribution < -0.4 is 21.0 Å². The smallest absolute Gasteiger partial charge is 0.261 e. The molecule has 6 rings (SSSR count). The van der Waals surface area contributed by atoms with Crippen LogP contribution in [0.5, 0.6) is 0 Å². The second kappa shape index (κ2) is 14.1. The highest BCUT2D eigenvalue weighted by Gasteiger charge is 2.29. The van der Waals surface area contributed by atoms with Crippen LogP contribution in [0.3, 0.4) is 0 Å². The van der Waals surface area contributed by atoms with E-state index in [0.29, 0.717) is 51.2 Å². The number of carbonyl (C=O) groups is 2. The van der Waals surface area contributed by atoms with Crippen LogP contribution in [0.15, 0.2) is 102 Å². The van der Waals surface area contributed by atoms with Gasteiger partial charge in [0.15, 0.2) is 0 Å². The van der Waals surface area contributed by atoms with Gasteiger partial charge in [0.25, 0.3) is 11.8 Å². The molecule has 0 aromatic heterocycles. The molecule has 0 radical (unpaired) electrons. The van der Waals surface area contributed by atoms with Crippen molar-refractivity contribution in [1.82, 2.24) is 9.55 Å². The van der Waals surface area contributed by atoms with Crippen molar-refractivity contribution in [3.8, 4) is 11.4 Å². The van der Waals surface area contributed by atoms with Crippen LogP contribution in [-0.2, 0) is 6.54 Å². The highest BCUT2D eigenvalue weighted by atomic mass is 16.2. The number of hydrogen-bond acceptors (Lipinski definition) is 5. The van der Waals surface area contributed by atoms with E-state index < -0.39 is 11.3 Å². The Morgan fingerprint density at radius 3 is 2.11 bits per heavy atom. The molecule has 0 bridgehead atoms.